The number of nitrogens with one attached hydrogen (secondary N) is 2. The first-order chi connectivity index (χ1) is 11.3. The van der Waals surface area contributed by atoms with Gasteiger partial charge in [0.25, 0.3) is 0 Å². The van der Waals surface area contributed by atoms with E-state index in [1.54, 1.807) is 0 Å². The first-order valence-corrected chi connectivity index (χ1v) is 8.61. The fourth-order valence-electron chi connectivity index (χ4n) is 2.65. The Bertz CT molecular complexity index is 467. The lowest BCUT2D eigenvalue weighted by Gasteiger charge is -2.21. The number of aromatic nitrogens is 1. The second kappa shape index (κ2) is 12.4. The van der Waals surface area contributed by atoms with Crippen LogP contribution in [0.3, 0.4) is 0 Å². The Hall–Kier alpha value is -0.930. The molecule has 0 amide bonds. The molecule has 7 heteroatoms. The molecule has 0 aromatic carbocycles. The first kappa shape index (κ1) is 21.1. The molecule has 1 saturated heterocycles. The maximum absolute atomic E-state index is 4.60. The minimum atomic E-state index is 0. The van der Waals surface area contributed by atoms with Crippen LogP contribution in [0.1, 0.15) is 19.0 Å². The summed E-state index contributed by atoms with van der Waals surface area (Å²) in [5.41, 5.74) is 0.986. The maximum Gasteiger partial charge on any atom is 0.191 e. The van der Waals surface area contributed by atoms with Crippen LogP contribution in [0, 0.1) is 0 Å². The summed E-state index contributed by atoms with van der Waals surface area (Å²) in [4.78, 5) is 13.8. The molecule has 136 valence electrons. The zero-order valence-electron chi connectivity index (χ0n) is 14.9. The third-order valence-electron chi connectivity index (χ3n) is 4.00. The largest absolute Gasteiger partial charge is 0.357 e. The van der Waals surface area contributed by atoms with Gasteiger partial charge in [-0.3, -0.25) is 4.98 Å². The molecule has 0 aliphatic carbocycles. The number of pyridine rings is 1. The Kier molecular flexibility index (Phi) is 10.9. The molecule has 0 spiro atoms. The molecular weight excluding hydrogens is 415 g/mol. The lowest BCUT2D eigenvalue weighted by Crippen LogP contribution is -2.42. The van der Waals surface area contributed by atoms with Crippen molar-refractivity contribution in [2.45, 2.75) is 19.9 Å². The molecule has 2 rings (SSSR count). The number of halogens is 1. The van der Waals surface area contributed by atoms with Crippen LogP contribution in [-0.2, 0) is 6.54 Å². The van der Waals surface area contributed by atoms with E-state index in [1.807, 2.05) is 24.4 Å². The molecule has 1 fully saturated rings. The summed E-state index contributed by atoms with van der Waals surface area (Å²) in [6, 6.07) is 5.92. The lowest BCUT2D eigenvalue weighted by molar-refractivity contribution is 0.280. The van der Waals surface area contributed by atoms with Gasteiger partial charge in [0, 0.05) is 38.9 Å². The summed E-state index contributed by atoms with van der Waals surface area (Å²) >= 11 is 0. The summed E-state index contributed by atoms with van der Waals surface area (Å²) < 4.78 is 0. The highest BCUT2D eigenvalue weighted by Crippen LogP contribution is 2.00. The van der Waals surface area contributed by atoms with E-state index in [0.29, 0.717) is 6.54 Å². The number of nitrogens with zero attached hydrogens (tertiary/aromatic N) is 4. The fraction of sp³-hybridized carbons (Fsp3) is 0.647. The molecule has 0 unspecified atom stereocenters. The number of guanidine groups is 1. The Morgan fingerprint density at radius 2 is 2.08 bits per heavy atom. The van der Waals surface area contributed by atoms with Gasteiger partial charge in [0.1, 0.15) is 0 Å². The van der Waals surface area contributed by atoms with Crippen molar-refractivity contribution in [2.24, 2.45) is 4.99 Å². The zero-order valence-corrected chi connectivity index (χ0v) is 17.2. The van der Waals surface area contributed by atoms with Gasteiger partial charge in [-0.25, -0.2) is 4.99 Å². The first-order valence-electron chi connectivity index (χ1n) is 8.61. The average Bonchev–Trinajstić information content (AvgIpc) is 2.78. The SMILES string of the molecule is CCNC(=NCc1ccccn1)NCCN1CCCN(C)CC1.I. The van der Waals surface area contributed by atoms with Crippen molar-refractivity contribution in [1.82, 2.24) is 25.4 Å². The molecule has 6 nitrogen and oxygen atoms in total. The Labute approximate surface area is 163 Å². The second-order valence-electron chi connectivity index (χ2n) is 5.94. The van der Waals surface area contributed by atoms with Crippen LogP contribution in [0.15, 0.2) is 29.4 Å². The number of hydrogen-bond acceptors (Lipinski definition) is 4. The number of aliphatic imine (C=N–C) groups is 1. The summed E-state index contributed by atoms with van der Waals surface area (Å²) in [6.45, 7) is 10.2. The number of hydrogen-bond donors (Lipinski definition) is 2. The molecule has 0 atom stereocenters. The van der Waals surface area contributed by atoms with Gasteiger partial charge >= 0.3 is 0 Å². The van der Waals surface area contributed by atoms with Crippen molar-refractivity contribution in [3.8, 4) is 0 Å². The maximum atomic E-state index is 4.60. The molecule has 1 aliphatic rings. The summed E-state index contributed by atoms with van der Waals surface area (Å²) in [7, 11) is 2.20. The monoisotopic (exact) mass is 446 g/mol. The minimum Gasteiger partial charge on any atom is -0.357 e. The number of likely N-dealkylation sites (N-methyl/N-ethyl adjacent to an activating group) is 1. The molecule has 2 heterocycles. The van der Waals surface area contributed by atoms with E-state index in [9.17, 15) is 0 Å². The van der Waals surface area contributed by atoms with Crippen LogP contribution in [0.25, 0.3) is 0 Å². The predicted molar refractivity (Wildman–Crippen MR) is 111 cm³/mol. The summed E-state index contributed by atoms with van der Waals surface area (Å²) in [6.07, 6.45) is 3.06. The zero-order chi connectivity index (χ0) is 16.3. The molecular formula is C17H31IN6. The standard InChI is InChI=1S/C17H30N6.HI/c1-3-18-17(21-15-16-7-4-5-8-19-16)20-9-12-23-11-6-10-22(2)13-14-23;/h4-5,7-8H,3,6,9-15H2,1-2H3,(H2,18,20,21);1H. The second-order valence-corrected chi connectivity index (χ2v) is 5.94. The van der Waals surface area contributed by atoms with Gasteiger partial charge in [0.05, 0.1) is 12.2 Å². The van der Waals surface area contributed by atoms with Crippen LogP contribution >= 0.6 is 24.0 Å². The van der Waals surface area contributed by atoms with Crippen LogP contribution < -0.4 is 10.6 Å². The Morgan fingerprint density at radius 1 is 1.21 bits per heavy atom. The third-order valence-corrected chi connectivity index (χ3v) is 4.00. The molecule has 0 saturated carbocycles. The van der Waals surface area contributed by atoms with E-state index in [2.05, 4.69) is 44.4 Å². The van der Waals surface area contributed by atoms with Crippen molar-refractivity contribution in [1.29, 1.82) is 0 Å². The number of rotatable bonds is 6. The third kappa shape index (κ3) is 8.25. The summed E-state index contributed by atoms with van der Waals surface area (Å²) in [5, 5.41) is 6.72. The fourth-order valence-corrected chi connectivity index (χ4v) is 2.65. The van der Waals surface area contributed by atoms with Gasteiger partial charge in [0.15, 0.2) is 5.96 Å². The smallest absolute Gasteiger partial charge is 0.191 e. The molecule has 0 bridgehead atoms. The van der Waals surface area contributed by atoms with Crippen LogP contribution in [0.5, 0.6) is 0 Å². The van der Waals surface area contributed by atoms with E-state index in [-0.39, 0.29) is 24.0 Å². The van der Waals surface area contributed by atoms with E-state index >= 15 is 0 Å². The average molecular weight is 446 g/mol. The summed E-state index contributed by atoms with van der Waals surface area (Å²) in [5.74, 6) is 0.866. The molecule has 0 radical (unpaired) electrons. The van der Waals surface area contributed by atoms with Crippen molar-refractivity contribution in [2.75, 3.05) is 52.9 Å². The molecule has 1 aliphatic heterocycles. The van der Waals surface area contributed by atoms with Gasteiger partial charge in [0.2, 0.25) is 0 Å². The highest BCUT2D eigenvalue weighted by atomic mass is 127. The van der Waals surface area contributed by atoms with Gasteiger partial charge in [-0.15, -0.1) is 24.0 Å². The van der Waals surface area contributed by atoms with Crippen molar-refractivity contribution >= 4 is 29.9 Å². The molecule has 1 aromatic heterocycles. The normalized spacial score (nSPS) is 17.0. The van der Waals surface area contributed by atoms with Crippen LogP contribution in [0.2, 0.25) is 0 Å². The van der Waals surface area contributed by atoms with Gasteiger partial charge < -0.3 is 20.4 Å². The highest BCUT2D eigenvalue weighted by molar-refractivity contribution is 14.0. The molecule has 1 aromatic rings. The Balaban J connectivity index is 0.00000288. The Morgan fingerprint density at radius 3 is 2.83 bits per heavy atom. The predicted octanol–water partition coefficient (Wildman–Crippen LogP) is 1.39. The van der Waals surface area contributed by atoms with E-state index in [1.165, 1.54) is 19.5 Å². The van der Waals surface area contributed by atoms with Crippen molar-refractivity contribution in [3.05, 3.63) is 30.1 Å². The molecule has 24 heavy (non-hydrogen) atoms. The minimum absolute atomic E-state index is 0. The topological polar surface area (TPSA) is 55.8 Å². The van der Waals surface area contributed by atoms with E-state index in [0.717, 1.165) is 44.4 Å². The quantitative estimate of drug-likeness (QED) is 0.393. The van der Waals surface area contributed by atoms with Gasteiger partial charge in [-0.05, 0) is 45.6 Å². The van der Waals surface area contributed by atoms with Gasteiger partial charge in [-0.1, -0.05) is 6.07 Å². The lowest BCUT2D eigenvalue weighted by atomic mass is 10.3. The highest BCUT2D eigenvalue weighted by Gasteiger charge is 2.11. The van der Waals surface area contributed by atoms with E-state index < -0.39 is 0 Å². The van der Waals surface area contributed by atoms with Crippen molar-refractivity contribution in [3.63, 3.8) is 0 Å². The van der Waals surface area contributed by atoms with Gasteiger partial charge in [-0.2, -0.15) is 0 Å². The van der Waals surface area contributed by atoms with Crippen LogP contribution in [0.4, 0.5) is 0 Å². The molecule has 2 N–H and O–H groups in total. The van der Waals surface area contributed by atoms with E-state index in [4.69, 9.17) is 0 Å². The van der Waals surface area contributed by atoms with Crippen LogP contribution in [-0.4, -0.2) is 73.6 Å². The van der Waals surface area contributed by atoms with Crippen molar-refractivity contribution < 1.29 is 0 Å².